The number of amides is 2. The van der Waals surface area contributed by atoms with Gasteiger partial charge in [-0.2, -0.15) is 0 Å². The van der Waals surface area contributed by atoms with Crippen molar-refractivity contribution in [3.8, 4) is 0 Å². The summed E-state index contributed by atoms with van der Waals surface area (Å²) in [6.07, 6.45) is 1.28. The molecule has 0 saturated carbocycles. The monoisotopic (exact) mass is 420 g/mol. The lowest BCUT2D eigenvalue weighted by molar-refractivity contribution is -0.121. The van der Waals surface area contributed by atoms with Crippen LogP contribution in [0.3, 0.4) is 0 Å². The number of carbonyl (C=O) groups is 2. The van der Waals surface area contributed by atoms with Crippen LogP contribution in [-0.4, -0.2) is 55.4 Å². The number of benzene rings is 1. The van der Waals surface area contributed by atoms with Gasteiger partial charge in [-0.25, -0.2) is 17.7 Å². The lowest BCUT2D eigenvalue weighted by Crippen LogP contribution is -2.45. The number of hydrogen-bond acceptors (Lipinski definition) is 6. The van der Waals surface area contributed by atoms with Crippen molar-refractivity contribution >= 4 is 45.0 Å². The highest BCUT2D eigenvalue weighted by Crippen LogP contribution is 2.32. The molecule has 0 spiro atoms. The minimum absolute atomic E-state index is 0.0474. The van der Waals surface area contributed by atoms with Crippen molar-refractivity contribution in [1.29, 1.82) is 0 Å². The molecule has 1 aromatic heterocycles. The molecule has 0 saturated heterocycles. The number of rotatable bonds is 5. The molecule has 10 heteroatoms. The molecule has 1 aliphatic heterocycles. The molecule has 1 aromatic carbocycles. The van der Waals surface area contributed by atoms with Crippen molar-refractivity contribution in [2.75, 3.05) is 30.9 Å². The van der Waals surface area contributed by atoms with Gasteiger partial charge in [0.05, 0.1) is 21.7 Å². The van der Waals surface area contributed by atoms with Gasteiger partial charge < -0.3 is 5.32 Å². The molecule has 8 nitrogen and oxygen atoms in total. The van der Waals surface area contributed by atoms with Crippen molar-refractivity contribution in [2.45, 2.75) is 22.1 Å². The zero-order chi connectivity index (χ0) is 20.5. The number of thioether (sulfide) groups is 1. The highest BCUT2D eigenvalue weighted by Gasteiger charge is 2.30. The molecule has 1 atom stereocenters. The van der Waals surface area contributed by atoms with Crippen LogP contribution < -0.4 is 10.2 Å². The first-order valence-corrected chi connectivity index (χ1v) is 10.8. The van der Waals surface area contributed by atoms with E-state index >= 15 is 0 Å². The fourth-order valence-corrected chi connectivity index (χ4v) is 4.38. The number of pyridine rings is 1. The van der Waals surface area contributed by atoms with E-state index < -0.39 is 15.3 Å². The van der Waals surface area contributed by atoms with Crippen LogP contribution in [0.1, 0.15) is 6.92 Å². The molecule has 3 rings (SSSR count). The molecular formula is C18H20N4O4S2. The van der Waals surface area contributed by atoms with E-state index in [1.165, 1.54) is 43.0 Å². The Hall–Kier alpha value is -2.43. The summed E-state index contributed by atoms with van der Waals surface area (Å²) in [7, 11) is -0.654. The Morgan fingerprint density at radius 2 is 1.96 bits per heavy atom. The Morgan fingerprint density at radius 1 is 1.25 bits per heavy atom. The van der Waals surface area contributed by atoms with Crippen LogP contribution in [-0.2, 0) is 19.6 Å². The van der Waals surface area contributed by atoms with Gasteiger partial charge >= 0.3 is 0 Å². The number of hydrogen-bond donors (Lipinski definition) is 1. The van der Waals surface area contributed by atoms with Crippen molar-refractivity contribution in [1.82, 2.24) is 9.29 Å². The van der Waals surface area contributed by atoms with E-state index in [0.717, 1.165) is 4.31 Å². The zero-order valence-corrected chi connectivity index (χ0v) is 17.3. The third-order valence-corrected chi connectivity index (χ3v) is 7.01. The number of anilines is 2. The maximum absolute atomic E-state index is 12.9. The van der Waals surface area contributed by atoms with E-state index in [0.29, 0.717) is 16.4 Å². The number of para-hydroxylation sites is 2. The lowest BCUT2D eigenvalue weighted by atomic mass is 10.2. The Balaban J connectivity index is 1.76. The van der Waals surface area contributed by atoms with Crippen LogP contribution in [0.5, 0.6) is 0 Å². The van der Waals surface area contributed by atoms with Gasteiger partial charge in [-0.1, -0.05) is 23.9 Å². The topological polar surface area (TPSA) is 99.7 Å². The summed E-state index contributed by atoms with van der Waals surface area (Å²) in [5.41, 5.74) is 1.25. The number of aromatic nitrogens is 1. The molecule has 0 radical (unpaired) electrons. The van der Waals surface area contributed by atoms with Crippen LogP contribution in [0.15, 0.2) is 52.5 Å². The van der Waals surface area contributed by atoms with Crippen molar-refractivity contribution in [3.63, 3.8) is 0 Å². The van der Waals surface area contributed by atoms with Gasteiger partial charge in [-0.05, 0) is 31.2 Å². The van der Waals surface area contributed by atoms with E-state index in [1.807, 2.05) is 0 Å². The molecule has 0 bridgehead atoms. The van der Waals surface area contributed by atoms with E-state index in [1.54, 1.807) is 37.3 Å². The van der Waals surface area contributed by atoms with Gasteiger partial charge in [0.2, 0.25) is 21.8 Å². The molecule has 1 aliphatic rings. The number of carbonyl (C=O) groups excluding carboxylic acids is 2. The molecule has 0 unspecified atom stereocenters. The van der Waals surface area contributed by atoms with Gasteiger partial charge in [-0.15, -0.1) is 0 Å². The van der Waals surface area contributed by atoms with Gasteiger partial charge in [0.25, 0.3) is 0 Å². The predicted octanol–water partition coefficient (Wildman–Crippen LogP) is 1.80. The average molecular weight is 421 g/mol. The van der Waals surface area contributed by atoms with Crippen LogP contribution in [0.25, 0.3) is 0 Å². The van der Waals surface area contributed by atoms with Gasteiger partial charge in [-0.3, -0.25) is 14.5 Å². The summed E-state index contributed by atoms with van der Waals surface area (Å²) in [4.78, 5) is 30.5. The minimum atomic E-state index is -3.55. The summed E-state index contributed by atoms with van der Waals surface area (Å²) in [6, 6.07) is 10.2. The van der Waals surface area contributed by atoms with E-state index in [2.05, 4.69) is 10.3 Å². The third-order valence-electron chi connectivity index (χ3n) is 4.17. The average Bonchev–Trinajstić information content (AvgIpc) is 2.67. The van der Waals surface area contributed by atoms with E-state index in [-0.39, 0.29) is 23.3 Å². The standard InChI is InChI=1S/C18H20N4O4S2/c1-12(27-17-9-8-13(10-19-17)28(25,26)21(2)3)18(24)22-11-16(23)20-14-6-4-5-7-15(14)22/h4-10,12H,11H2,1-3H3,(H,20,23)/t12-/m1/s1. The smallest absolute Gasteiger partial charge is 0.244 e. The van der Waals surface area contributed by atoms with Crippen LogP contribution in [0.2, 0.25) is 0 Å². The molecule has 1 N–H and O–H groups in total. The Kier molecular flexibility index (Phi) is 5.73. The number of sulfonamides is 1. The summed E-state index contributed by atoms with van der Waals surface area (Å²) in [6.45, 7) is 1.68. The maximum atomic E-state index is 12.9. The molecule has 2 amide bonds. The fourth-order valence-electron chi connectivity index (χ4n) is 2.68. The van der Waals surface area contributed by atoms with Gasteiger partial charge in [0.1, 0.15) is 11.4 Å². The highest BCUT2D eigenvalue weighted by molar-refractivity contribution is 8.00. The summed E-state index contributed by atoms with van der Waals surface area (Å²) in [5, 5.41) is 2.76. The lowest BCUT2D eigenvalue weighted by Gasteiger charge is -2.30. The van der Waals surface area contributed by atoms with Crippen LogP contribution >= 0.6 is 11.8 Å². The Bertz CT molecular complexity index is 1010. The zero-order valence-electron chi connectivity index (χ0n) is 15.6. The summed E-state index contributed by atoms with van der Waals surface area (Å²) in [5.74, 6) is -0.472. The second-order valence-electron chi connectivity index (χ2n) is 6.37. The molecule has 0 aliphatic carbocycles. The molecule has 0 fully saturated rings. The van der Waals surface area contributed by atoms with Crippen molar-refractivity contribution < 1.29 is 18.0 Å². The minimum Gasteiger partial charge on any atom is -0.323 e. The van der Waals surface area contributed by atoms with Crippen LogP contribution in [0.4, 0.5) is 11.4 Å². The highest BCUT2D eigenvalue weighted by atomic mass is 32.2. The second-order valence-corrected chi connectivity index (χ2v) is 9.88. The normalized spacial score (nSPS) is 15.1. The second kappa shape index (κ2) is 7.90. The van der Waals surface area contributed by atoms with E-state index in [9.17, 15) is 18.0 Å². The molecular weight excluding hydrogens is 400 g/mol. The largest absolute Gasteiger partial charge is 0.323 e. The molecule has 148 valence electrons. The number of nitrogens with zero attached hydrogens (tertiary/aromatic N) is 3. The Morgan fingerprint density at radius 3 is 2.61 bits per heavy atom. The first-order valence-electron chi connectivity index (χ1n) is 8.45. The van der Waals surface area contributed by atoms with Crippen LogP contribution in [0, 0.1) is 0 Å². The third kappa shape index (κ3) is 4.03. The number of nitrogens with one attached hydrogen (secondary N) is 1. The van der Waals surface area contributed by atoms with Crippen molar-refractivity contribution in [3.05, 3.63) is 42.6 Å². The molecule has 28 heavy (non-hydrogen) atoms. The number of fused-ring (bicyclic) bond motifs is 1. The van der Waals surface area contributed by atoms with Gasteiger partial charge in [0, 0.05) is 20.3 Å². The van der Waals surface area contributed by atoms with Crippen molar-refractivity contribution in [2.24, 2.45) is 0 Å². The van der Waals surface area contributed by atoms with Gasteiger partial charge in [0.15, 0.2) is 0 Å². The first kappa shape index (κ1) is 20.3. The quantitative estimate of drug-likeness (QED) is 0.741. The SMILES string of the molecule is C[C@@H](Sc1ccc(S(=O)(=O)N(C)C)cn1)C(=O)N1CC(=O)Nc2ccccc21. The first-order chi connectivity index (χ1) is 13.2. The molecule has 2 heterocycles. The summed E-state index contributed by atoms with van der Waals surface area (Å²) < 4.78 is 25.3. The maximum Gasteiger partial charge on any atom is 0.244 e. The molecule has 2 aromatic rings. The Labute approximate surface area is 168 Å². The summed E-state index contributed by atoms with van der Waals surface area (Å²) >= 11 is 1.21. The fraction of sp³-hybridized carbons (Fsp3) is 0.278. The predicted molar refractivity (Wildman–Crippen MR) is 108 cm³/mol. The van der Waals surface area contributed by atoms with E-state index in [4.69, 9.17) is 0 Å².